The second-order valence-corrected chi connectivity index (χ2v) is 4.46. The monoisotopic (exact) mass is 239 g/mol. The molecule has 1 aromatic heterocycles. The first-order valence-corrected chi connectivity index (χ1v) is 6.14. The second-order valence-electron chi connectivity index (χ2n) is 3.58. The Kier molecular flexibility index (Phi) is 3.24. The minimum atomic E-state index is -0.279. The molecule has 1 aromatic rings. The van der Waals surface area contributed by atoms with Gasteiger partial charge in [-0.15, -0.1) is 11.3 Å². The predicted molar refractivity (Wildman–Crippen MR) is 61.5 cm³/mol. The zero-order valence-electron chi connectivity index (χ0n) is 9.02. The SMILES string of the molecule is CCOC(=O)c1csc2c1CCCC2=NO. The molecule has 5 heteroatoms. The van der Waals surface area contributed by atoms with Crippen LogP contribution in [0.1, 0.15) is 40.6 Å². The van der Waals surface area contributed by atoms with Gasteiger partial charge in [0.2, 0.25) is 0 Å². The van der Waals surface area contributed by atoms with E-state index in [1.807, 2.05) is 0 Å². The third-order valence-corrected chi connectivity index (χ3v) is 3.68. The molecule has 0 atom stereocenters. The van der Waals surface area contributed by atoms with Crippen LogP contribution < -0.4 is 0 Å². The van der Waals surface area contributed by atoms with Crippen LogP contribution in [0, 0.1) is 0 Å². The molecule has 0 bridgehead atoms. The van der Waals surface area contributed by atoms with Gasteiger partial charge in [-0.05, 0) is 31.7 Å². The minimum Gasteiger partial charge on any atom is -0.462 e. The Morgan fingerprint density at radius 2 is 2.44 bits per heavy atom. The summed E-state index contributed by atoms with van der Waals surface area (Å²) in [4.78, 5) is 12.6. The Morgan fingerprint density at radius 1 is 1.62 bits per heavy atom. The van der Waals surface area contributed by atoms with Crippen molar-refractivity contribution < 1.29 is 14.7 Å². The van der Waals surface area contributed by atoms with E-state index in [0.717, 1.165) is 29.7 Å². The quantitative estimate of drug-likeness (QED) is 0.490. The lowest BCUT2D eigenvalue weighted by Gasteiger charge is -2.13. The van der Waals surface area contributed by atoms with Gasteiger partial charge >= 0.3 is 5.97 Å². The summed E-state index contributed by atoms with van der Waals surface area (Å²) in [7, 11) is 0. The van der Waals surface area contributed by atoms with Crippen molar-refractivity contribution in [1.82, 2.24) is 0 Å². The molecule has 1 aliphatic rings. The summed E-state index contributed by atoms with van der Waals surface area (Å²) >= 11 is 1.45. The number of nitrogens with zero attached hydrogens (tertiary/aromatic N) is 1. The average molecular weight is 239 g/mol. The van der Waals surface area contributed by atoms with Gasteiger partial charge in [-0.2, -0.15) is 0 Å². The van der Waals surface area contributed by atoms with E-state index in [4.69, 9.17) is 9.94 Å². The Hall–Kier alpha value is -1.36. The number of fused-ring (bicyclic) bond motifs is 1. The van der Waals surface area contributed by atoms with Crippen molar-refractivity contribution in [2.24, 2.45) is 5.16 Å². The van der Waals surface area contributed by atoms with E-state index in [9.17, 15) is 4.79 Å². The molecule has 0 fully saturated rings. The lowest BCUT2D eigenvalue weighted by atomic mass is 9.94. The summed E-state index contributed by atoms with van der Waals surface area (Å²) in [5.41, 5.74) is 2.28. The molecule has 0 saturated heterocycles. The number of rotatable bonds is 2. The van der Waals surface area contributed by atoms with Crippen LogP contribution >= 0.6 is 11.3 Å². The number of carbonyl (C=O) groups excluding carboxylic acids is 1. The maximum Gasteiger partial charge on any atom is 0.339 e. The van der Waals surface area contributed by atoms with Gasteiger partial charge in [0.25, 0.3) is 0 Å². The number of hydrogen-bond acceptors (Lipinski definition) is 5. The summed E-state index contributed by atoms with van der Waals surface area (Å²) in [6.07, 6.45) is 2.54. The normalized spacial score (nSPS) is 17.2. The molecule has 0 aromatic carbocycles. The van der Waals surface area contributed by atoms with E-state index >= 15 is 0 Å². The van der Waals surface area contributed by atoms with Crippen molar-refractivity contribution in [2.75, 3.05) is 6.61 Å². The van der Waals surface area contributed by atoms with Gasteiger partial charge in [-0.3, -0.25) is 0 Å². The maximum atomic E-state index is 11.7. The number of hydrogen-bond donors (Lipinski definition) is 1. The minimum absolute atomic E-state index is 0.279. The van der Waals surface area contributed by atoms with Crippen molar-refractivity contribution in [3.05, 3.63) is 21.4 Å². The summed E-state index contributed by atoms with van der Waals surface area (Å²) in [5.74, 6) is -0.279. The predicted octanol–water partition coefficient (Wildman–Crippen LogP) is 2.44. The molecule has 0 aliphatic heterocycles. The smallest absolute Gasteiger partial charge is 0.339 e. The van der Waals surface area contributed by atoms with Gasteiger partial charge in [0.05, 0.1) is 22.8 Å². The third-order valence-electron chi connectivity index (χ3n) is 2.61. The first-order chi connectivity index (χ1) is 7.77. The number of thiophene rings is 1. The molecule has 86 valence electrons. The number of oxime groups is 1. The van der Waals surface area contributed by atoms with E-state index in [1.54, 1.807) is 12.3 Å². The largest absolute Gasteiger partial charge is 0.462 e. The van der Waals surface area contributed by atoms with Crippen molar-refractivity contribution in [2.45, 2.75) is 26.2 Å². The van der Waals surface area contributed by atoms with E-state index in [-0.39, 0.29) is 5.97 Å². The van der Waals surface area contributed by atoms with Crippen LogP contribution in [0.15, 0.2) is 10.5 Å². The van der Waals surface area contributed by atoms with Crippen LogP contribution in [-0.2, 0) is 11.2 Å². The Balaban J connectivity index is 2.37. The molecule has 1 heterocycles. The summed E-state index contributed by atoms with van der Waals surface area (Å²) < 4.78 is 4.99. The van der Waals surface area contributed by atoms with Crippen LogP contribution in [0.4, 0.5) is 0 Å². The average Bonchev–Trinajstić information content (AvgIpc) is 2.72. The molecule has 0 unspecified atom stereocenters. The van der Waals surface area contributed by atoms with E-state index < -0.39 is 0 Å². The Bertz CT molecular complexity index is 436. The number of carbonyl (C=O) groups is 1. The summed E-state index contributed by atoms with van der Waals surface area (Å²) in [5, 5.41) is 13.9. The van der Waals surface area contributed by atoms with Gasteiger partial charge in [-0.1, -0.05) is 5.16 Å². The highest BCUT2D eigenvalue weighted by Crippen LogP contribution is 2.31. The highest BCUT2D eigenvalue weighted by Gasteiger charge is 2.24. The highest BCUT2D eigenvalue weighted by atomic mass is 32.1. The zero-order valence-corrected chi connectivity index (χ0v) is 9.84. The van der Waals surface area contributed by atoms with Gasteiger partial charge in [0.1, 0.15) is 0 Å². The molecule has 1 N–H and O–H groups in total. The fraction of sp³-hybridized carbons (Fsp3) is 0.455. The lowest BCUT2D eigenvalue weighted by molar-refractivity contribution is 0.0525. The van der Waals surface area contributed by atoms with E-state index in [2.05, 4.69) is 5.16 Å². The zero-order chi connectivity index (χ0) is 11.5. The molecule has 16 heavy (non-hydrogen) atoms. The molecular formula is C11H13NO3S. The van der Waals surface area contributed by atoms with Crippen molar-refractivity contribution in [3.8, 4) is 0 Å². The van der Waals surface area contributed by atoms with Crippen molar-refractivity contribution in [3.63, 3.8) is 0 Å². The van der Waals surface area contributed by atoms with Crippen LogP contribution in [0.5, 0.6) is 0 Å². The first-order valence-electron chi connectivity index (χ1n) is 5.26. The molecule has 1 aliphatic carbocycles. The first kappa shape index (κ1) is 11.1. The molecule has 4 nitrogen and oxygen atoms in total. The summed E-state index contributed by atoms with van der Waals surface area (Å²) in [6.45, 7) is 2.17. The fourth-order valence-electron chi connectivity index (χ4n) is 1.89. The van der Waals surface area contributed by atoms with Crippen LogP contribution in [-0.4, -0.2) is 23.5 Å². The standard InChI is InChI=1S/C11H13NO3S/c1-2-15-11(13)8-6-16-10-7(8)4-3-5-9(10)12-14/h6,14H,2-5H2,1H3. The van der Waals surface area contributed by atoms with Crippen LogP contribution in [0.2, 0.25) is 0 Å². The molecule has 0 radical (unpaired) electrons. The molecular weight excluding hydrogens is 226 g/mol. The second kappa shape index (κ2) is 4.65. The van der Waals surface area contributed by atoms with Crippen LogP contribution in [0.25, 0.3) is 0 Å². The Morgan fingerprint density at radius 3 is 3.12 bits per heavy atom. The molecule has 0 amide bonds. The Labute approximate surface area is 97.5 Å². The topological polar surface area (TPSA) is 58.9 Å². The van der Waals surface area contributed by atoms with Gasteiger partial charge in [0.15, 0.2) is 0 Å². The molecule has 2 rings (SSSR count). The van der Waals surface area contributed by atoms with Gasteiger partial charge < -0.3 is 9.94 Å². The van der Waals surface area contributed by atoms with E-state index in [0.29, 0.717) is 17.9 Å². The summed E-state index contributed by atoms with van der Waals surface area (Å²) in [6, 6.07) is 0. The number of esters is 1. The lowest BCUT2D eigenvalue weighted by Crippen LogP contribution is -2.13. The highest BCUT2D eigenvalue weighted by molar-refractivity contribution is 7.12. The fourth-order valence-corrected chi connectivity index (χ4v) is 3.00. The third kappa shape index (κ3) is 1.82. The van der Waals surface area contributed by atoms with Crippen LogP contribution in [0.3, 0.4) is 0 Å². The van der Waals surface area contributed by atoms with E-state index in [1.165, 1.54) is 11.3 Å². The number of ether oxygens (including phenoxy) is 1. The maximum absolute atomic E-state index is 11.7. The van der Waals surface area contributed by atoms with Crippen molar-refractivity contribution >= 4 is 23.0 Å². The van der Waals surface area contributed by atoms with Gasteiger partial charge in [0, 0.05) is 5.38 Å². The van der Waals surface area contributed by atoms with Gasteiger partial charge in [-0.25, -0.2) is 4.79 Å². The molecule has 0 saturated carbocycles. The molecule has 0 spiro atoms. The van der Waals surface area contributed by atoms with Crippen molar-refractivity contribution in [1.29, 1.82) is 0 Å².